The van der Waals surface area contributed by atoms with Crippen LogP contribution in [0.25, 0.3) is 0 Å². The summed E-state index contributed by atoms with van der Waals surface area (Å²) < 4.78 is 1.65. The van der Waals surface area contributed by atoms with E-state index in [0.29, 0.717) is 14.8 Å². The van der Waals surface area contributed by atoms with Gasteiger partial charge in [-0.15, -0.1) is 0 Å². The molecule has 0 N–H and O–H groups in total. The molecule has 1 heterocycles. The van der Waals surface area contributed by atoms with Crippen LogP contribution >= 0.6 is 0 Å². The number of rotatable bonds is 3. The molecule has 3 rings (SSSR count). The molecular weight excluding hydrogens is 366 g/mol. The maximum atomic E-state index is 2.40. The maximum absolute atomic E-state index is 2.40. The third-order valence-corrected chi connectivity index (χ3v) is 9.54. The summed E-state index contributed by atoms with van der Waals surface area (Å²) in [6.45, 7) is 0. The molecular formula is C23H37BSe. The van der Waals surface area contributed by atoms with Gasteiger partial charge in [0.25, 0.3) is 0 Å². The molecule has 0 radical (unpaired) electrons. The molecule has 1 atom stereocenters. The topological polar surface area (TPSA) is 0 Å². The monoisotopic (exact) mass is 404 g/mol. The Balaban J connectivity index is 1.72. The summed E-state index contributed by atoms with van der Waals surface area (Å²) in [7, 11) is 0. The zero-order valence-electron chi connectivity index (χ0n) is 16.1. The summed E-state index contributed by atoms with van der Waals surface area (Å²) in [6.07, 6.45) is 22.6. The van der Waals surface area contributed by atoms with Crippen LogP contribution in [-0.4, -0.2) is 20.3 Å². The first kappa shape index (κ1) is 19.6. The molecule has 0 nitrogen and oxygen atoms in total. The molecule has 1 saturated heterocycles. The van der Waals surface area contributed by atoms with Gasteiger partial charge in [-0.2, -0.15) is 0 Å². The van der Waals surface area contributed by atoms with Crippen LogP contribution in [0.4, 0.5) is 0 Å². The van der Waals surface area contributed by atoms with E-state index in [1.165, 1.54) is 96.2 Å². The van der Waals surface area contributed by atoms with Gasteiger partial charge in [0.05, 0.1) is 0 Å². The zero-order chi connectivity index (χ0) is 17.2. The van der Waals surface area contributed by atoms with Crippen molar-refractivity contribution in [3.63, 3.8) is 0 Å². The molecule has 138 valence electrons. The van der Waals surface area contributed by atoms with Crippen LogP contribution in [-0.2, 0) is 0 Å². The van der Waals surface area contributed by atoms with Gasteiger partial charge in [-0.3, -0.25) is 0 Å². The van der Waals surface area contributed by atoms with Gasteiger partial charge in [0, 0.05) is 0 Å². The minimum absolute atomic E-state index is 0.675. The molecule has 1 aromatic rings. The van der Waals surface area contributed by atoms with E-state index in [9.17, 15) is 0 Å². The average Bonchev–Trinajstić information content (AvgIpc) is 2.84. The van der Waals surface area contributed by atoms with Crippen molar-refractivity contribution in [2.24, 2.45) is 5.92 Å². The van der Waals surface area contributed by atoms with Crippen LogP contribution in [0.2, 0.25) is 12.1 Å². The molecule has 1 aromatic carbocycles. The number of benzene rings is 1. The van der Waals surface area contributed by atoms with Crippen molar-refractivity contribution < 1.29 is 0 Å². The predicted octanol–water partition coefficient (Wildman–Crippen LogP) is 6.48. The fourth-order valence-corrected chi connectivity index (χ4v) is 8.22. The molecule has 0 aromatic heterocycles. The Morgan fingerprint density at radius 2 is 1.20 bits per heavy atom. The Morgan fingerprint density at radius 1 is 0.640 bits per heavy atom. The Labute approximate surface area is 163 Å². The molecule has 2 fully saturated rings. The van der Waals surface area contributed by atoms with E-state index in [4.69, 9.17) is 0 Å². The van der Waals surface area contributed by atoms with Gasteiger partial charge in [0.2, 0.25) is 0 Å². The second-order valence-electron chi connectivity index (χ2n) is 8.44. The van der Waals surface area contributed by atoms with E-state index in [-0.39, 0.29) is 0 Å². The molecule has 2 aliphatic rings. The van der Waals surface area contributed by atoms with Crippen molar-refractivity contribution in [3.05, 3.63) is 30.3 Å². The Hall–Kier alpha value is -0.196. The summed E-state index contributed by atoms with van der Waals surface area (Å²) in [4.78, 5) is 0. The quantitative estimate of drug-likeness (QED) is 0.507. The van der Waals surface area contributed by atoms with Crippen molar-refractivity contribution in [1.29, 1.82) is 0 Å². The first-order valence-electron chi connectivity index (χ1n) is 11.2. The van der Waals surface area contributed by atoms with Crippen molar-refractivity contribution in [2.75, 3.05) is 0 Å². The fourth-order valence-electron chi connectivity index (χ4n) is 5.11. The summed E-state index contributed by atoms with van der Waals surface area (Å²) in [6, 6.07) is 11.5. The molecule has 2 heteroatoms. The van der Waals surface area contributed by atoms with Crippen LogP contribution in [0, 0.1) is 5.92 Å². The van der Waals surface area contributed by atoms with Crippen LogP contribution in [0.15, 0.2) is 30.3 Å². The van der Waals surface area contributed by atoms with Crippen molar-refractivity contribution in [3.8, 4) is 0 Å². The number of hydrogen-bond donors (Lipinski definition) is 0. The first-order chi connectivity index (χ1) is 12.4. The Morgan fingerprint density at radius 3 is 1.88 bits per heavy atom. The van der Waals surface area contributed by atoms with Gasteiger partial charge >= 0.3 is 163 Å². The number of hydrogen-bond acceptors (Lipinski definition) is 0. The molecule has 1 aliphatic carbocycles. The summed E-state index contributed by atoms with van der Waals surface area (Å²) >= 11 is 0.675. The normalized spacial score (nSPS) is 25.1. The van der Waals surface area contributed by atoms with E-state index in [0.717, 1.165) is 17.3 Å². The van der Waals surface area contributed by atoms with Gasteiger partial charge < -0.3 is 0 Å². The second kappa shape index (κ2) is 11.5. The molecule has 25 heavy (non-hydrogen) atoms. The summed E-state index contributed by atoms with van der Waals surface area (Å²) in [5.74, 6) is 2.06. The van der Waals surface area contributed by atoms with Gasteiger partial charge in [-0.1, -0.05) is 0 Å². The molecule has 1 aliphatic heterocycles. The van der Waals surface area contributed by atoms with Crippen molar-refractivity contribution >= 4 is 24.8 Å². The molecule has 1 saturated carbocycles. The summed E-state index contributed by atoms with van der Waals surface area (Å²) in [5.41, 5.74) is 0.999. The van der Waals surface area contributed by atoms with E-state index in [2.05, 4.69) is 30.3 Å². The Kier molecular flexibility index (Phi) is 9.00. The summed E-state index contributed by atoms with van der Waals surface area (Å²) in [5, 5.41) is 0. The molecule has 1 unspecified atom stereocenters. The van der Waals surface area contributed by atoms with Crippen LogP contribution < -0.4 is 4.46 Å². The second-order valence-corrected chi connectivity index (χ2v) is 11.2. The van der Waals surface area contributed by atoms with Crippen molar-refractivity contribution in [1.82, 2.24) is 0 Å². The van der Waals surface area contributed by atoms with Gasteiger partial charge in [0.15, 0.2) is 0 Å². The predicted molar refractivity (Wildman–Crippen MR) is 114 cm³/mol. The van der Waals surface area contributed by atoms with Gasteiger partial charge in [-0.25, -0.2) is 0 Å². The Bertz CT molecular complexity index is 450. The standard InChI is InChI=1S/C23H37BSe/c1-2-5-10-16-21(15-9-4-1)23-19-13-6-3-7-14-20-24(23)25-22-17-11-8-12-18-22/h8,11-12,17-18,21,23H,1-7,9-10,13-16,19-20H2. The van der Waals surface area contributed by atoms with E-state index < -0.39 is 0 Å². The molecule has 0 spiro atoms. The van der Waals surface area contributed by atoms with E-state index >= 15 is 0 Å². The van der Waals surface area contributed by atoms with Crippen LogP contribution in [0.5, 0.6) is 0 Å². The van der Waals surface area contributed by atoms with E-state index in [1.54, 1.807) is 4.46 Å². The zero-order valence-corrected chi connectivity index (χ0v) is 17.8. The third-order valence-electron chi connectivity index (χ3n) is 6.54. The minimum atomic E-state index is 0.675. The van der Waals surface area contributed by atoms with Gasteiger partial charge in [-0.05, 0) is 0 Å². The third kappa shape index (κ3) is 6.80. The molecule has 0 amide bonds. The van der Waals surface area contributed by atoms with Crippen LogP contribution in [0.3, 0.4) is 0 Å². The van der Waals surface area contributed by atoms with Crippen molar-refractivity contribution in [2.45, 2.75) is 102 Å². The first-order valence-corrected chi connectivity index (χ1v) is 13.0. The van der Waals surface area contributed by atoms with Gasteiger partial charge in [0.1, 0.15) is 0 Å². The van der Waals surface area contributed by atoms with Crippen LogP contribution in [0.1, 0.15) is 89.9 Å². The van der Waals surface area contributed by atoms with E-state index in [1.807, 2.05) is 0 Å². The average molecular weight is 403 g/mol. The molecule has 0 bridgehead atoms. The fraction of sp³-hybridized carbons (Fsp3) is 0.739. The SMILES string of the molecule is c1ccc([Se]B2CCCCCCCC2C2CCCCCCCC2)cc1.